The molecular formula is C9H14O2. The van der Waals surface area contributed by atoms with Crippen molar-refractivity contribution in [2.75, 3.05) is 0 Å². The number of carbonyl (C=O) groups excluding carboxylic acids is 1. The fourth-order valence-electron chi connectivity index (χ4n) is 1.33. The van der Waals surface area contributed by atoms with Gasteiger partial charge in [0, 0.05) is 6.92 Å². The summed E-state index contributed by atoms with van der Waals surface area (Å²) in [5.41, 5.74) is 0. The van der Waals surface area contributed by atoms with Gasteiger partial charge >= 0.3 is 5.97 Å². The lowest BCUT2D eigenvalue weighted by Crippen LogP contribution is -2.19. The average Bonchev–Trinajstić information content (AvgIpc) is 1.85. The van der Waals surface area contributed by atoms with Crippen LogP contribution in [0.2, 0.25) is 0 Å². The van der Waals surface area contributed by atoms with Gasteiger partial charge in [0.25, 0.3) is 0 Å². The third-order valence-corrected chi connectivity index (χ3v) is 1.84. The van der Waals surface area contributed by atoms with E-state index >= 15 is 0 Å². The Morgan fingerprint density at radius 1 is 1.64 bits per heavy atom. The summed E-state index contributed by atoms with van der Waals surface area (Å²) in [5, 5.41) is 0. The van der Waals surface area contributed by atoms with Gasteiger partial charge in [-0.2, -0.15) is 0 Å². The predicted molar refractivity (Wildman–Crippen MR) is 43.1 cm³/mol. The van der Waals surface area contributed by atoms with Crippen molar-refractivity contribution in [2.45, 2.75) is 32.8 Å². The number of hydrogen-bond donors (Lipinski definition) is 0. The molecule has 0 N–H and O–H groups in total. The topological polar surface area (TPSA) is 26.3 Å². The lowest BCUT2D eigenvalue weighted by Gasteiger charge is -2.20. The van der Waals surface area contributed by atoms with Crippen molar-refractivity contribution in [3.05, 3.63) is 12.2 Å². The van der Waals surface area contributed by atoms with E-state index in [2.05, 4.69) is 13.0 Å². The van der Waals surface area contributed by atoms with Crippen LogP contribution >= 0.6 is 0 Å². The van der Waals surface area contributed by atoms with E-state index in [0.717, 1.165) is 12.8 Å². The fraction of sp³-hybridized carbons (Fsp3) is 0.667. The van der Waals surface area contributed by atoms with Gasteiger partial charge in [0.2, 0.25) is 0 Å². The quantitative estimate of drug-likeness (QED) is 0.426. The molecule has 0 fully saturated rings. The van der Waals surface area contributed by atoms with Gasteiger partial charge in [-0.05, 0) is 24.8 Å². The fourth-order valence-corrected chi connectivity index (χ4v) is 1.33. The minimum Gasteiger partial charge on any atom is -0.458 e. The largest absolute Gasteiger partial charge is 0.458 e. The monoisotopic (exact) mass is 154 g/mol. The summed E-state index contributed by atoms with van der Waals surface area (Å²) in [5.74, 6) is 0.457. The van der Waals surface area contributed by atoms with E-state index < -0.39 is 0 Å². The van der Waals surface area contributed by atoms with Gasteiger partial charge in [-0.1, -0.05) is 13.0 Å². The van der Waals surface area contributed by atoms with Gasteiger partial charge in [-0.3, -0.25) is 4.79 Å². The van der Waals surface area contributed by atoms with Crippen LogP contribution in [0.5, 0.6) is 0 Å². The Hall–Kier alpha value is -0.790. The molecule has 11 heavy (non-hydrogen) atoms. The first kappa shape index (κ1) is 8.31. The Bertz CT molecular complexity index is 172. The molecule has 0 bridgehead atoms. The molecule has 0 aromatic rings. The summed E-state index contributed by atoms with van der Waals surface area (Å²) in [6.07, 6.45) is 6.16. The molecule has 62 valence electrons. The summed E-state index contributed by atoms with van der Waals surface area (Å²) < 4.78 is 5.04. The molecule has 0 heterocycles. The Balaban J connectivity index is 2.40. The van der Waals surface area contributed by atoms with E-state index in [1.165, 1.54) is 6.92 Å². The summed E-state index contributed by atoms with van der Waals surface area (Å²) in [6.45, 7) is 3.62. The van der Waals surface area contributed by atoms with Crippen LogP contribution in [-0.4, -0.2) is 12.1 Å². The number of allylic oxidation sites excluding steroid dienone is 1. The maximum atomic E-state index is 10.6. The first-order valence-corrected chi connectivity index (χ1v) is 4.02. The van der Waals surface area contributed by atoms with Crippen molar-refractivity contribution in [3.8, 4) is 0 Å². The summed E-state index contributed by atoms with van der Waals surface area (Å²) in [7, 11) is 0. The van der Waals surface area contributed by atoms with Crippen LogP contribution in [0.4, 0.5) is 0 Å². The molecule has 2 nitrogen and oxygen atoms in total. The third-order valence-electron chi connectivity index (χ3n) is 1.84. The molecule has 1 rings (SSSR count). The molecule has 0 radical (unpaired) electrons. The van der Waals surface area contributed by atoms with Crippen LogP contribution < -0.4 is 0 Å². The van der Waals surface area contributed by atoms with E-state index in [9.17, 15) is 4.79 Å². The number of esters is 1. The normalized spacial score (nSPS) is 30.0. The Labute approximate surface area is 67.2 Å². The van der Waals surface area contributed by atoms with Crippen LogP contribution in [0.25, 0.3) is 0 Å². The van der Waals surface area contributed by atoms with Gasteiger partial charge in [0.05, 0.1) is 0 Å². The van der Waals surface area contributed by atoms with E-state index in [1.54, 1.807) is 0 Å². The molecule has 0 saturated heterocycles. The van der Waals surface area contributed by atoms with Gasteiger partial charge in [0.15, 0.2) is 0 Å². The number of hydrogen-bond acceptors (Lipinski definition) is 2. The van der Waals surface area contributed by atoms with Crippen molar-refractivity contribution in [1.82, 2.24) is 0 Å². The molecule has 0 unspecified atom stereocenters. The number of rotatable bonds is 1. The molecule has 0 aromatic heterocycles. The van der Waals surface area contributed by atoms with E-state index in [4.69, 9.17) is 4.74 Å². The zero-order chi connectivity index (χ0) is 8.27. The van der Waals surface area contributed by atoms with E-state index in [0.29, 0.717) is 5.92 Å². The van der Waals surface area contributed by atoms with Gasteiger partial charge in [-0.25, -0.2) is 0 Å². The maximum absolute atomic E-state index is 10.6. The molecule has 2 heteroatoms. The van der Waals surface area contributed by atoms with Crippen molar-refractivity contribution in [1.29, 1.82) is 0 Å². The van der Waals surface area contributed by atoms with Gasteiger partial charge in [0.1, 0.15) is 6.10 Å². The molecule has 0 amide bonds. The summed E-state index contributed by atoms with van der Waals surface area (Å²) in [4.78, 5) is 10.6. The standard InChI is InChI=1S/C9H14O2/c1-7-4-3-5-9(6-7)11-8(2)10/h3,5,7,9H,4,6H2,1-2H3/t7-,9+/m1/s1. The lowest BCUT2D eigenvalue weighted by molar-refractivity contribution is -0.144. The molecule has 0 aliphatic heterocycles. The van der Waals surface area contributed by atoms with Crippen LogP contribution in [-0.2, 0) is 9.53 Å². The second-order valence-corrected chi connectivity index (χ2v) is 3.15. The van der Waals surface area contributed by atoms with E-state index in [-0.39, 0.29) is 12.1 Å². The molecule has 1 aliphatic rings. The highest BCUT2D eigenvalue weighted by Crippen LogP contribution is 2.19. The predicted octanol–water partition coefficient (Wildman–Crippen LogP) is 1.90. The molecule has 0 spiro atoms. The van der Waals surface area contributed by atoms with Gasteiger partial charge in [-0.15, -0.1) is 0 Å². The average molecular weight is 154 g/mol. The van der Waals surface area contributed by atoms with Crippen LogP contribution in [0.15, 0.2) is 12.2 Å². The molecule has 0 saturated carbocycles. The molecule has 2 atom stereocenters. The number of ether oxygens (including phenoxy) is 1. The molecule has 1 aliphatic carbocycles. The Kier molecular flexibility index (Phi) is 2.69. The third kappa shape index (κ3) is 2.74. The van der Waals surface area contributed by atoms with E-state index in [1.807, 2.05) is 6.08 Å². The Morgan fingerprint density at radius 3 is 2.91 bits per heavy atom. The highest BCUT2D eigenvalue weighted by atomic mass is 16.5. The van der Waals surface area contributed by atoms with Crippen LogP contribution in [0, 0.1) is 5.92 Å². The smallest absolute Gasteiger partial charge is 0.303 e. The van der Waals surface area contributed by atoms with Crippen molar-refractivity contribution >= 4 is 5.97 Å². The van der Waals surface area contributed by atoms with Gasteiger partial charge < -0.3 is 4.74 Å². The number of carbonyl (C=O) groups is 1. The Morgan fingerprint density at radius 2 is 2.36 bits per heavy atom. The lowest BCUT2D eigenvalue weighted by atomic mass is 9.94. The zero-order valence-corrected chi connectivity index (χ0v) is 7.04. The maximum Gasteiger partial charge on any atom is 0.303 e. The van der Waals surface area contributed by atoms with Crippen molar-refractivity contribution < 1.29 is 9.53 Å². The zero-order valence-electron chi connectivity index (χ0n) is 7.04. The van der Waals surface area contributed by atoms with Crippen LogP contribution in [0.1, 0.15) is 26.7 Å². The second-order valence-electron chi connectivity index (χ2n) is 3.15. The highest BCUT2D eigenvalue weighted by Gasteiger charge is 2.15. The summed E-state index contributed by atoms with van der Waals surface area (Å²) >= 11 is 0. The van der Waals surface area contributed by atoms with Crippen molar-refractivity contribution in [2.24, 2.45) is 5.92 Å². The second kappa shape index (κ2) is 3.56. The molecular weight excluding hydrogens is 140 g/mol. The van der Waals surface area contributed by atoms with Crippen LogP contribution in [0.3, 0.4) is 0 Å². The highest BCUT2D eigenvalue weighted by molar-refractivity contribution is 5.66. The first-order chi connectivity index (χ1) is 5.18. The summed E-state index contributed by atoms with van der Waals surface area (Å²) in [6, 6.07) is 0. The molecule has 0 aromatic carbocycles. The minimum absolute atomic E-state index is 0.0243. The first-order valence-electron chi connectivity index (χ1n) is 4.02. The van der Waals surface area contributed by atoms with Crippen molar-refractivity contribution in [3.63, 3.8) is 0 Å². The minimum atomic E-state index is -0.186. The SMILES string of the molecule is CC(=O)O[C@H]1C=CC[C@@H](C)C1.